The fraction of sp³-hybridized carbons (Fsp3) is 0.364. The molecule has 0 aromatic heterocycles. The van der Waals surface area contributed by atoms with Gasteiger partial charge in [0.1, 0.15) is 5.82 Å². The highest BCUT2D eigenvalue weighted by Gasteiger charge is 2.18. The van der Waals surface area contributed by atoms with Gasteiger partial charge in [-0.15, -0.1) is 0 Å². The van der Waals surface area contributed by atoms with E-state index in [4.69, 9.17) is 0 Å². The molecule has 0 aliphatic heterocycles. The second-order valence-electron chi connectivity index (χ2n) is 3.80. The average Bonchev–Trinajstić information content (AvgIpc) is 2.20. The predicted octanol–water partition coefficient (Wildman–Crippen LogP) is 3.32. The van der Waals surface area contributed by atoms with E-state index in [1.807, 2.05) is 36.4 Å². The van der Waals surface area contributed by atoms with Crippen molar-refractivity contribution in [1.29, 1.82) is 0 Å². The van der Waals surface area contributed by atoms with E-state index in [0.29, 0.717) is 9.26 Å². The van der Waals surface area contributed by atoms with E-state index < -0.39 is 0 Å². The van der Waals surface area contributed by atoms with Gasteiger partial charge in [0, 0.05) is 3.57 Å². The van der Waals surface area contributed by atoms with Crippen molar-refractivity contribution >= 4 is 46.8 Å². The van der Waals surface area contributed by atoms with Crippen molar-refractivity contribution in [2.45, 2.75) is 19.1 Å². The van der Waals surface area contributed by atoms with E-state index in [0.717, 1.165) is 0 Å². The van der Waals surface area contributed by atoms with Crippen LogP contribution in [0.2, 0.25) is 0 Å². The molecule has 2 nitrogen and oxygen atoms in total. The zero-order chi connectivity index (χ0) is 12.3. The Bertz CT molecular complexity index is 398. The van der Waals surface area contributed by atoms with E-state index in [-0.39, 0.29) is 22.9 Å². The molecule has 1 N–H and O–H groups in total. The molecule has 0 bridgehead atoms. The Morgan fingerprint density at radius 1 is 1.50 bits per heavy atom. The number of carbonyl (C=O) groups is 1. The van der Waals surface area contributed by atoms with Crippen molar-refractivity contribution in [3.63, 3.8) is 0 Å². The Morgan fingerprint density at radius 3 is 2.62 bits per heavy atom. The third kappa shape index (κ3) is 3.62. The summed E-state index contributed by atoms with van der Waals surface area (Å²) in [5.74, 6) is -0.321. The number of anilines is 1. The molecule has 1 aromatic rings. The van der Waals surface area contributed by atoms with E-state index in [1.54, 1.807) is 6.07 Å². The molecule has 5 heteroatoms. The van der Waals surface area contributed by atoms with E-state index in [2.05, 4.69) is 17.9 Å². The van der Waals surface area contributed by atoms with E-state index in [9.17, 15) is 9.18 Å². The first-order chi connectivity index (χ1) is 7.41. The highest BCUT2D eigenvalue weighted by molar-refractivity contribution is 14.1. The molecule has 1 unspecified atom stereocenters. The standard InChI is InChI=1S/C11H13FINOS/c1-6(2)10(16)11(15)14-9-4-3-7(12)5-8(9)13/h3-6,10,16H,1-2H3,(H,14,15). The highest BCUT2D eigenvalue weighted by Crippen LogP contribution is 2.20. The molecule has 16 heavy (non-hydrogen) atoms. The third-order valence-corrected chi connectivity index (χ3v) is 3.81. The van der Waals surface area contributed by atoms with Crippen LogP contribution in [0.25, 0.3) is 0 Å². The van der Waals surface area contributed by atoms with Crippen molar-refractivity contribution in [3.05, 3.63) is 27.6 Å². The molecule has 0 saturated carbocycles. The fourth-order valence-corrected chi connectivity index (χ4v) is 1.78. The summed E-state index contributed by atoms with van der Waals surface area (Å²) in [6.07, 6.45) is 0. The van der Waals surface area contributed by atoms with Gasteiger partial charge in [-0.3, -0.25) is 4.79 Å². The minimum Gasteiger partial charge on any atom is -0.324 e. The Hall–Kier alpha value is -0.300. The Balaban J connectivity index is 2.77. The summed E-state index contributed by atoms with van der Waals surface area (Å²) in [6, 6.07) is 4.25. The zero-order valence-corrected chi connectivity index (χ0v) is 12.1. The average molecular weight is 353 g/mol. The molecule has 1 aromatic carbocycles. The second-order valence-corrected chi connectivity index (χ2v) is 5.52. The maximum Gasteiger partial charge on any atom is 0.237 e. The number of rotatable bonds is 3. The molecule has 1 amide bonds. The molecular formula is C11H13FINOS. The van der Waals surface area contributed by atoms with Crippen molar-refractivity contribution in [1.82, 2.24) is 0 Å². The Morgan fingerprint density at radius 2 is 2.12 bits per heavy atom. The number of hydrogen-bond donors (Lipinski definition) is 2. The van der Waals surface area contributed by atoms with Crippen LogP contribution in [-0.2, 0) is 4.79 Å². The molecular weight excluding hydrogens is 340 g/mol. The summed E-state index contributed by atoms with van der Waals surface area (Å²) in [4.78, 5) is 11.7. The number of carbonyl (C=O) groups excluding carboxylic acids is 1. The molecule has 0 heterocycles. The first kappa shape index (κ1) is 13.8. The van der Waals surface area contributed by atoms with Gasteiger partial charge in [-0.25, -0.2) is 4.39 Å². The summed E-state index contributed by atoms with van der Waals surface area (Å²) < 4.78 is 13.5. The Labute approximate surface area is 114 Å². The van der Waals surface area contributed by atoms with Crippen LogP contribution in [0.3, 0.4) is 0 Å². The van der Waals surface area contributed by atoms with Crippen molar-refractivity contribution < 1.29 is 9.18 Å². The van der Waals surface area contributed by atoms with Gasteiger partial charge in [0.25, 0.3) is 0 Å². The van der Waals surface area contributed by atoms with Crippen LogP contribution in [0, 0.1) is 15.3 Å². The lowest BCUT2D eigenvalue weighted by atomic mass is 10.1. The Kier molecular flexibility index (Phi) is 5.04. The quantitative estimate of drug-likeness (QED) is 0.634. The number of halogens is 2. The number of thiol groups is 1. The molecule has 0 spiro atoms. The predicted molar refractivity (Wildman–Crippen MR) is 75.4 cm³/mol. The van der Waals surface area contributed by atoms with Crippen molar-refractivity contribution in [2.75, 3.05) is 5.32 Å². The van der Waals surface area contributed by atoms with Gasteiger partial charge in [0.15, 0.2) is 0 Å². The fourth-order valence-electron chi connectivity index (χ4n) is 1.10. The minimum atomic E-state index is -0.360. The van der Waals surface area contributed by atoms with Gasteiger partial charge in [-0.1, -0.05) is 13.8 Å². The molecule has 88 valence electrons. The van der Waals surface area contributed by atoms with Crippen LogP contribution in [0.15, 0.2) is 18.2 Å². The normalized spacial score (nSPS) is 12.6. The summed E-state index contributed by atoms with van der Waals surface area (Å²) in [5, 5.41) is 2.37. The first-order valence-corrected chi connectivity index (χ1v) is 6.45. The minimum absolute atomic E-state index is 0.154. The van der Waals surface area contributed by atoms with Crippen LogP contribution < -0.4 is 5.32 Å². The molecule has 1 rings (SSSR count). The van der Waals surface area contributed by atoms with Crippen LogP contribution in [0.1, 0.15) is 13.8 Å². The lowest BCUT2D eigenvalue weighted by Gasteiger charge is -2.15. The van der Waals surface area contributed by atoms with Gasteiger partial charge in [-0.05, 0) is 46.7 Å². The largest absolute Gasteiger partial charge is 0.324 e. The summed E-state index contributed by atoms with van der Waals surface area (Å²) in [5.41, 5.74) is 0.617. The maximum absolute atomic E-state index is 12.8. The first-order valence-electron chi connectivity index (χ1n) is 4.86. The maximum atomic E-state index is 12.8. The third-order valence-electron chi connectivity index (χ3n) is 2.09. The lowest BCUT2D eigenvalue weighted by molar-refractivity contribution is -0.116. The summed E-state index contributed by atoms with van der Waals surface area (Å²) in [6.45, 7) is 3.85. The molecule has 0 fully saturated rings. The topological polar surface area (TPSA) is 29.1 Å². The molecule has 0 aliphatic carbocycles. The van der Waals surface area contributed by atoms with Crippen molar-refractivity contribution in [3.8, 4) is 0 Å². The highest BCUT2D eigenvalue weighted by atomic mass is 127. The number of nitrogens with one attached hydrogen (secondary N) is 1. The molecule has 0 saturated heterocycles. The van der Waals surface area contributed by atoms with Gasteiger partial charge < -0.3 is 5.32 Å². The molecule has 0 aliphatic rings. The second kappa shape index (κ2) is 5.86. The smallest absolute Gasteiger partial charge is 0.237 e. The summed E-state index contributed by atoms with van der Waals surface area (Å²) >= 11 is 6.20. The van der Waals surface area contributed by atoms with Crippen LogP contribution >= 0.6 is 35.2 Å². The number of hydrogen-bond acceptors (Lipinski definition) is 2. The van der Waals surface area contributed by atoms with E-state index >= 15 is 0 Å². The van der Waals surface area contributed by atoms with Gasteiger partial charge in [0.05, 0.1) is 10.9 Å². The van der Waals surface area contributed by atoms with Gasteiger partial charge >= 0.3 is 0 Å². The van der Waals surface area contributed by atoms with Gasteiger partial charge in [0.2, 0.25) is 5.91 Å². The lowest BCUT2D eigenvalue weighted by Crippen LogP contribution is -2.27. The SMILES string of the molecule is CC(C)C(S)C(=O)Nc1ccc(F)cc1I. The molecule has 0 radical (unpaired) electrons. The van der Waals surface area contributed by atoms with Crippen LogP contribution in [0.5, 0.6) is 0 Å². The molecule has 1 atom stereocenters. The number of benzene rings is 1. The zero-order valence-electron chi connectivity index (χ0n) is 9.00. The van der Waals surface area contributed by atoms with Crippen molar-refractivity contribution in [2.24, 2.45) is 5.92 Å². The number of amides is 1. The van der Waals surface area contributed by atoms with E-state index in [1.165, 1.54) is 12.1 Å². The monoisotopic (exact) mass is 353 g/mol. The summed E-state index contributed by atoms with van der Waals surface area (Å²) in [7, 11) is 0. The van der Waals surface area contributed by atoms with Crippen LogP contribution in [-0.4, -0.2) is 11.2 Å². The van der Waals surface area contributed by atoms with Gasteiger partial charge in [-0.2, -0.15) is 12.6 Å². The van der Waals surface area contributed by atoms with Crippen LogP contribution in [0.4, 0.5) is 10.1 Å².